The SMILES string of the molecule is Oc1c(Cl)cccc1CNC(Cc1ccccc1)(c1cc(F)cc(C(F)(F)F)c1)c1ccc(Cl)cn1. The van der Waals surface area contributed by atoms with Crippen LogP contribution >= 0.6 is 23.2 Å². The number of phenols is 1. The van der Waals surface area contributed by atoms with E-state index in [4.69, 9.17) is 23.2 Å². The van der Waals surface area contributed by atoms with Gasteiger partial charge in [-0.2, -0.15) is 13.2 Å². The van der Waals surface area contributed by atoms with Gasteiger partial charge in [0, 0.05) is 24.7 Å². The van der Waals surface area contributed by atoms with E-state index in [1.54, 1.807) is 36.4 Å². The van der Waals surface area contributed by atoms with Gasteiger partial charge in [0.05, 0.1) is 26.8 Å². The van der Waals surface area contributed by atoms with E-state index in [0.29, 0.717) is 22.3 Å². The number of nitrogens with zero attached hydrogens (tertiary/aromatic N) is 1. The number of aromatic hydroxyl groups is 1. The van der Waals surface area contributed by atoms with Gasteiger partial charge in [0.15, 0.2) is 0 Å². The number of aromatic nitrogens is 1. The molecule has 0 saturated carbocycles. The van der Waals surface area contributed by atoms with Gasteiger partial charge < -0.3 is 5.11 Å². The Labute approximate surface area is 215 Å². The number of hydrogen-bond donors (Lipinski definition) is 2. The number of phenolic OH excluding ortho intramolecular Hbond substituents is 1. The van der Waals surface area contributed by atoms with Gasteiger partial charge in [0.1, 0.15) is 11.6 Å². The van der Waals surface area contributed by atoms with E-state index < -0.39 is 23.1 Å². The highest BCUT2D eigenvalue weighted by atomic mass is 35.5. The number of pyridine rings is 1. The molecule has 2 N–H and O–H groups in total. The maximum absolute atomic E-state index is 14.7. The Kier molecular flexibility index (Phi) is 7.54. The van der Waals surface area contributed by atoms with Crippen LogP contribution in [0.1, 0.15) is 27.9 Å². The summed E-state index contributed by atoms with van der Waals surface area (Å²) in [4.78, 5) is 4.41. The summed E-state index contributed by atoms with van der Waals surface area (Å²) in [5.41, 5.74) is -1.08. The van der Waals surface area contributed by atoms with Crippen LogP contribution in [0.3, 0.4) is 0 Å². The molecule has 1 unspecified atom stereocenters. The highest BCUT2D eigenvalue weighted by molar-refractivity contribution is 6.32. The van der Waals surface area contributed by atoms with E-state index in [9.17, 15) is 22.7 Å². The molecular formula is C27H20Cl2F4N2O. The van der Waals surface area contributed by atoms with Gasteiger partial charge in [0.25, 0.3) is 0 Å². The summed E-state index contributed by atoms with van der Waals surface area (Å²) < 4.78 is 55.8. The predicted molar refractivity (Wildman–Crippen MR) is 132 cm³/mol. The van der Waals surface area contributed by atoms with Gasteiger partial charge in [-0.05, 0) is 47.5 Å². The first-order chi connectivity index (χ1) is 17.1. The van der Waals surface area contributed by atoms with Crippen molar-refractivity contribution in [2.75, 3.05) is 0 Å². The molecule has 0 saturated heterocycles. The summed E-state index contributed by atoms with van der Waals surface area (Å²) in [6.45, 7) is -0.0125. The molecule has 1 aromatic heterocycles. The van der Waals surface area contributed by atoms with Crippen molar-refractivity contribution in [1.82, 2.24) is 10.3 Å². The van der Waals surface area contributed by atoms with Gasteiger partial charge in [-0.3, -0.25) is 10.3 Å². The first kappa shape index (κ1) is 25.9. The number of hydrogen-bond acceptors (Lipinski definition) is 3. The number of rotatable bonds is 7. The maximum Gasteiger partial charge on any atom is 0.416 e. The lowest BCUT2D eigenvalue weighted by Gasteiger charge is -2.36. The van der Waals surface area contributed by atoms with E-state index >= 15 is 0 Å². The van der Waals surface area contributed by atoms with Crippen LogP contribution in [0.5, 0.6) is 5.75 Å². The summed E-state index contributed by atoms with van der Waals surface area (Å²) in [6, 6.07) is 19.4. The Hall–Kier alpha value is -3.13. The Balaban J connectivity index is 1.94. The predicted octanol–water partition coefficient (Wildman–Crippen LogP) is 7.53. The van der Waals surface area contributed by atoms with Gasteiger partial charge in [-0.15, -0.1) is 0 Å². The average molecular weight is 535 g/mol. The third kappa shape index (κ3) is 5.64. The second-order valence-corrected chi connectivity index (χ2v) is 9.10. The number of nitrogens with one attached hydrogen (secondary N) is 1. The van der Waals surface area contributed by atoms with E-state index in [2.05, 4.69) is 10.3 Å². The lowest BCUT2D eigenvalue weighted by atomic mass is 9.79. The zero-order chi connectivity index (χ0) is 25.9. The van der Waals surface area contributed by atoms with Crippen molar-refractivity contribution in [3.05, 3.63) is 129 Å². The fraction of sp³-hybridized carbons (Fsp3) is 0.148. The second kappa shape index (κ2) is 10.5. The van der Waals surface area contributed by atoms with Gasteiger partial charge >= 0.3 is 6.18 Å². The summed E-state index contributed by atoms with van der Waals surface area (Å²) in [5.74, 6) is -1.21. The van der Waals surface area contributed by atoms with Crippen molar-refractivity contribution in [3.63, 3.8) is 0 Å². The molecule has 4 rings (SSSR count). The number of halogens is 6. The van der Waals surface area contributed by atoms with E-state index in [0.717, 1.165) is 17.7 Å². The smallest absolute Gasteiger partial charge is 0.416 e. The molecule has 4 aromatic rings. The zero-order valence-corrected chi connectivity index (χ0v) is 20.2. The minimum atomic E-state index is -4.77. The van der Waals surface area contributed by atoms with Crippen LogP contribution in [0.2, 0.25) is 10.0 Å². The lowest BCUT2D eigenvalue weighted by Crippen LogP contribution is -2.46. The molecule has 36 heavy (non-hydrogen) atoms. The molecule has 0 aliphatic heterocycles. The number of alkyl halides is 3. The fourth-order valence-electron chi connectivity index (χ4n) is 4.07. The quantitative estimate of drug-likeness (QED) is 0.241. The number of benzene rings is 3. The molecule has 0 radical (unpaired) electrons. The van der Waals surface area contributed by atoms with Crippen molar-refractivity contribution in [3.8, 4) is 5.75 Å². The average Bonchev–Trinajstić information content (AvgIpc) is 2.84. The van der Waals surface area contributed by atoms with Gasteiger partial charge in [0.2, 0.25) is 0 Å². The first-order valence-electron chi connectivity index (χ1n) is 10.8. The molecule has 186 valence electrons. The summed E-state index contributed by atoms with van der Waals surface area (Å²) >= 11 is 12.1. The molecule has 1 atom stereocenters. The monoisotopic (exact) mass is 534 g/mol. The van der Waals surface area contributed by atoms with E-state index in [-0.39, 0.29) is 29.3 Å². The Bertz CT molecular complexity index is 1350. The molecule has 1 heterocycles. The molecule has 0 aliphatic carbocycles. The van der Waals surface area contributed by atoms with Crippen molar-refractivity contribution in [2.45, 2.75) is 24.7 Å². The van der Waals surface area contributed by atoms with Crippen molar-refractivity contribution in [2.24, 2.45) is 0 Å². The first-order valence-corrected chi connectivity index (χ1v) is 11.6. The minimum absolute atomic E-state index is 0.00928. The highest BCUT2D eigenvalue weighted by Gasteiger charge is 2.39. The largest absolute Gasteiger partial charge is 0.506 e. The number of para-hydroxylation sites is 1. The van der Waals surface area contributed by atoms with Crippen molar-refractivity contribution in [1.29, 1.82) is 0 Å². The van der Waals surface area contributed by atoms with Crippen molar-refractivity contribution < 1.29 is 22.7 Å². The van der Waals surface area contributed by atoms with Crippen molar-refractivity contribution >= 4 is 23.2 Å². The third-order valence-electron chi connectivity index (χ3n) is 5.85. The van der Waals surface area contributed by atoms with Crippen LogP contribution in [0.15, 0.2) is 85.1 Å². The maximum atomic E-state index is 14.7. The Morgan fingerprint density at radius 1 is 0.861 bits per heavy atom. The minimum Gasteiger partial charge on any atom is -0.506 e. The molecule has 0 spiro atoms. The molecule has 0 fully saturated rings. The molecule has 0 bridgehead atoms. The van der Waals surface area contributed by atoms with Crippen LogP contribution < -0.4 is 5.32 Å². The standard InChI is InChI=1S/C27H20Cl2F4N2O/c28-21-9-10-24(34-16-21)26(14-17-5-2-1-3-6-17,35-15-18-7-4-8-23(29)25(18)36)19-11-20(27(31,32)33)13-22(30)12-19/h1-13,16,35-36H,14-15H2. The Morgan fingerprint density at radius 2 is 1.58 bits per heavy atom. The van der Waals surface area contributed by atoms with Crippen LogP contribution in [0.25, 0.3) is 0 Å². The molecule has 0 amide bonds. The zero-order valence-electron chi connectivity index (χ0n) is 18.7. The topological polar surface area (TPSA) is 45.1 Å². The summed E-state index contributed by atoms with van der Waals surface area (Å²) in [5, 5.41) is 14.2. The molecule has 0 aliphatic rings. The van der Waals surface area contributed by atoms with Crippen LogP contribution in [0, 0.1) is 5.82 Å². The van der Waals surface area contributed by atoms with Crippen LogP contribution in [0.4, 0.5) is 17.6 Å². The second-order valence-electron chi connectivity index (χ2n) is 8.26. The van der Waals surface area contributed by atoms with Crippen LogP contribution in [-0.2, 0) is 24.7 Å². The van der Waals surface area contributed by atoms with Crippen LogP contribution in [-0.4, -0.2) is 10.1 Å². The fourth-order valence-corrected chi connectivity index (χ4v) is 4.38. The van der Waals surface area contributed by atoms with Gasteiger partial charge in [-0.25, -0.2) is 4.39 Å². The molecule has 3 aromatic carbocycles. The summed E-state index contributed by atoms with van der Waals surface area (Å²) in [7, 11) is 0. The summed E-state index contributed by atoms with van der Waals surface area (Å²) in [6.07, 6.45) is -3.28. The Morgan fingerprint density at radius 3 is 2.25 bits per heavy atom. The normalized spacial score (nSPS) is 13.4. The van der Waals surface area contributed by atoms with E-state index in [1.165, 1.54) is 12.3 Å². The van der Waals surface area contributed by atoms with E-state index in [1.807, 2.05) is 18.2 Å². The molecular weight excluding hydrogens is 515 g/mol. The molecule has 3 nitrogen and oxygen atoms in total. The molecule has 9 heteroatoms. The van der Waals surface area contributed by atoms with Gasteiger partial charge in [-0.1, -0.05) is 65.7 Å². The third-order valence-corrected chi connectivity index (χ3v) is 6.37. The lowest BCUT2D eigenvalue weighted by molar-refractivity contribution is -0.137. The highest BCUT2D eigenvalue weighted by Crippen LogP contribution is 2.38.